The molecule has 0 atom stereocenters. The molecule has 1 aromatic carbocycles. The minimum Gasteiger partial charge on any atom is -0.423 e. The van der Waals surface area contributed by atoms with E-state index in [9.17, 15) is 5.02 Å². The van der Waals surface area contributed by atoms with Crippen LogP contribution in [0.3, 0.4) is 0 Å². The molecule has 1 aromatic heterocycles. The maximum absolute atomic E-state index is 9.48. The highest BCUT2D eigenvalue weighted by atomic mass is 16.5. The van der Waals surface area contributed by atoms with Gasteiger partial charge in [0.05, 0.1) is 18.2 Å². The van der Waals surface area contributed by atoms with Crippen LogP contribution in [0.2, 0.25) is 0 Å². The van der Waals surface area contributed by atoms with E-state index in [0.29, 0.717) is 17.6 Å². The molecule has 0 aliphatic carbocycles. The first-order valence-electron chi connectivity index (χ1n) is 6.46. The molecule has 6 heteroatoms. The molecule has 0 radical (unpaired) electrons. The van der Waals surface area contributed by atoms with Crippen molar-refractivity contribution >= 4 is 12.6 Å². The number of hydrogen-bond acceptors (Lipinski definition) is 4. The molecule has 104 valence electrons. The maximum Gasteiger partial charge on any atom is 0.494 e. The Balaban J connectivity index is 0.000000956. The van der Waals surface area contributed by atoms with Crippen molar-refractivity contribution in [2.75, 3.05) is 7.11 Å². The van der Waals surface area contributed by atoms with Crippen LogP contribution in [0.5, 0.6) is 0 Å². The Morgan fingerprint density at radius 1 is 1.40 bits per heavy atom. The van der Waals surface area contributed by atoms with Crippen molar-refractivity contribution in [2.45, 2.75) is 20.4 Å². The number of benzene rings is 1. The molecule has 0 saturated heterocycles. The van der Waals surface area contributed by atoms with Crippen LogP contribution in [0.4, 0.5) is 0 Å². The normalized spacial score (nSPS) is 9.35. The largest absolute Gasteiger partial charge is 0.494 e. The average molecular weight is 271 g/mol. The zero-order valence-electron chi connectivity index (χ0n) is 11.9. The molecule has 20 heavy (non-hydrogen) atoms. The molecular formula is C14H18BN3O2. The summed E-state index contributed by atoms with van der Waals surface area (Å²) in [5, 5.41) is 22.6. The van der Waals surface area contributed by atoms with Crippen molar-refractivity contribution in [3.05, 3.63) is 47.8 Å². The summed E-state index contributed by atoms with van der Waals surface area (Å²) in [6, 6.07) is 9.49. The van der Waals surface area contributed by atoms with Crippen molar-refractivity contribution in [1.29, 1.82) is 5.26 Å². The van der Waals surface area contributed by atoms with E-state index in [1.165, 1.54) is 7.11 Å². The molecule has 0 amide bonds. The van der Waals surface area contributed by atoms with Gasteiger partial charge in [-0.1, -0.05) is 32.0 Å². The first kappa shape index (κ1) is 16.0. The van der Waals surface area contributed by atoms with Gasteiger partial charge < -0.3 is 9.68 Å². The summed E-state index contributed by atoms with van der Waals surface area (Å²) < 4.78 is 6.45. The fraction of sp³-hybridized carbons (Fsp3) is 0.286. The molecule has 0 aliphatic heterocycles. The minimum absolute atomic E-state index is 0.486. The van der Waals surface area contributed by atoms with E-state index in [1.54, 1.807) is 23.1 Å². The van der Waals surface area contributed by atoms with Gasteiger partial charge in [0.15, 0.2) is 0 Å². The zero-order chi connectivity index (χ0) is 15.0. The molecule has 0 saturated carbocycles. The highest BCUT2D eigenvalue weighted by molar-refractivity contribution is 6.59. The lowest BCUT2D eigenvalue weighted by atomic mass is 9.82. The monoisotopic (exact) mass is 271 g/mol. The van der Waals surface area contributed by atoms with E-state index in [4.69, 9.17) is 9.92 Å². The first-order chi connectivity index (χ1) is 9.74. The second kappa shape index (κ2) is 8.15. The number of nitriles is 1. The van der Waals surface area contributed by atoms with Crippen molar-refractivity contribution in [1.82, 2.24) is 9.78 Å². The number of hydrogen-bond donors (Lipinski definition) is 1. The van der Waals surface area contributed by atoms with Gasteiger partial charge in [0.25, 0.3) is 0 Å². The Kier molecular flexibility index (Phi) is 6.50. The van der Waals surface area contributed by atoms with E-state index in [2.05, 4.69) is 11.2 Å². The van der Waals surface area contributed by atoms with Crippen LogP contribution in [0.15, 0.2) is 36.7 Å². The Morgan fingerprint density at radius 3 is 2.75 bits per heavy atom. The minimum atomic E-state index is -0.968. The summed E-state index contributed by atoms with van der Waals surface area (Å²) >= 11 is 0. The van der Waals surface area contributed by atoms with Gasteiger partial charge in [0.1, 0.15) is 0 Å². The molecule has 0 aliphatic rings. The fourth-order valence-corrected chi connectivity index (χ4v) is 1.67. The lowest BCUT2D eigenvalue weighted by Crippen LogP contribution is -2.31. The van der Waals surface area contributed by atoms with Gasteiger partial charge in [-0.3, -0.25) is 4.68 Å². The molecule has 0 fully saturated rings. The standard InChI is InChI=1S/C12H12BN3O2.C2H6/c1-18-13(17)12-7-15-16(9-12)8-11-5-3-2-4-10(11)6-14;1-2/h2-5,7,9,17H,8H2,1H3;1-2H3. The Labute approximate surface area is 119 Å². The summed E-state index contributed by atoms with van der Waals surface area (Å²) in [7, 11) is 0.456. The van der Waals surface area contributed by atoms with E-state index in [1.807, 2.05) is 32.0 Å². The predicted molar refractivity (Wildman–Crippen MR) is 78.4 cm³/mol. The van der Waals surface area contributed by atoms with Gasteiger partial charge >= 0.3 is 7.12 Å². The predicted octanol–water partition coefficient (Wildman–Crippen LogP) is 1.16. The molecule has 0 bridgehead atoms. The highest BCUT2D eigenvalue weighted by Gasteiger charge is 2.16. The number of rotatable bonds is 4. The summed E-state index contributed by atoms with van der Waals surface area (Å²) in [6.07, 6.45) is 3.24. The fourth-order valence-electron chi connectivity index (χ4n) is 1.67. The third-order valence-corrected chi connectivity index (χ3v) is 2.63. The van der Waals surface area contributed by atoms with Gasteiger partial charge in [-0.15, -0.1) is 0 Å². The third-order valence-electron chi connectivity index (χ3n) is 2.63. The van der Waals surface area contributed by atoms with E-state index >= 15 is 0 Å². The van der Waals surface area contributed by atoms with Crippen LogP contribution in [-0.4, -0.2) is 29.0 Å². The van der Waals surface area contributed by atoms with Crippen LogP contribution < -0.4 is 5.46 Å². The quantitative estimate of drug-likeness (QED) is 0.847. The molecule has 1 heterocycles. The zero-order valence-corrected chi connectivity index (χ0v) is 11.9. The van der Waals surface area contributed by atoms with Gasteiger partial charge in [0.2, 0.25) is 0 Å². The van der Waals surface area contributed by atoms with E-state index in [0.717, 1.165) is 5.56 Å². The van der Waals surface area contributed by atoms with Crippen molar-refractivity contribution in [2.24, 2.45) is 0 Å². The second-order valence-electron chi connectivity index (χ2n) is 3.83. The molecule has 2 rings (SSSR count). The van der Waals surface area contributed by atoms with Gasteiger partial charge in [0, 0.05) is 25.0 Å². The lowest BCUT2D eigenvalue weighted by Gasteiger charge is -2.03. The van der Waals surface area contributed by atoms with E-state index < -0.39 is 7.12 Å². The van der Waals surface area contributed by atoms with Gasteiger partial charge in [-0.05, 0) is 11.6 Å². The average Bonchev–Trinajstić information content (AvgIpc) is 2.97. The third kappa shape index (κ3) is 3.95. The summed E-state index contributed by atoms with van der Waals surface area (Å²) in [4.78, 5) is 0. The summed E-state index contributed by atoms with van der Waals surface area (Å²) in [5.74, 6) is 0. The van der Waals surface area contributed by atoms with Crippen molar-refractivity contribution < 1.29 is 9.68 Å². The Bertz CT molecular complexity index is 578. The maximum atomic E-state index is 9.48. The van der Waals surface area contributed by atoms with Crippen LogP contribution in [-0.2, 0) is 11.2 Å². The molecule has 0 spiro atoms. The van der Waals surface area contributed by atoms with Crippen LogP contribution in [0.1, 0.15) is 25.0 Å². The summed E-state index contributed by atoms with van der Waals surface area (Å²) in [5.41, 5.74) is 2.11. The summed E-state index contributed by atoms with van der Waals surface area (Å²) in [6.45, 7) is 4.49. The number of nitrogens with zero attached hydrogens (tertiary/aromatic N) is 3. The van der Waals surface area contributed by atoms with E-state index in [-0.39, 0.29) is 0 Å². The molecule has 5 nitrogen and oxygen atoms in total. The van der Waals surface area contributed by atoms with Gasteiger partial charge in [-0.2, -0.15) is 10.4 Å². The van der Waals surface area contributed by atoms with Crippen LogP contribution in [0, 0.1) is 11.3 Å². The van der Waals surface area contributed by atoms with Crippen molar-refractivity contribution in [3.8, 4) is 6.07 Å². The Hall–Kier alpha value is -2.10. The number of aromatic nitrogens is 2. The topological polar surface area (TPSA) is 71.1 Å². The SMILES string of the molecule is CC.COB(O)c1cnn(Cc2ccccc2C#N)c1. The molecular weight excluding hydrogens is 253 g/mol. The molecule has 0 unspecified atom stereocenters. The second-order valence-corrected chi connectivity index (χ2v) is 3.83. The van der Waals surface area contributed by atoms with Crippen molar-refractivity contribution in [3.63, 3.8) is 0 Å². The lowest BCUT2D eigenvalue weighted by molar-refractivity contribution is 0.341. The van der Waals surface area contributed by atoms with Crippen LogP contribution >= 0.6 is 0 Å². The first-order valence-corrected chi connectivity index (χ1v) is 6.46. The molecule has 2 aromatic rings. The van der Waals surface area contributed by atoms with Gasteiger partial charge in [-0.25, -0.2) is 0 Å². The van der Waals surface area contributed by atoms with Crippen LogP contribution in [0.25, 0.3) is 0 Å². The smallest absolute Gasteiger partial charge is 0.423 e. The highest BCUT2D eigenvalue weighted by Crippen LogP contribution is 2.08. The molecule has 1 N–H and O–H groups in total. The Morgan fingerprint density at radius 2 is 2.10 bits per heavy atom.